The fraction of sp³-hybridized carbons (Fsp3) is 0.176. The lowest BCUT2D eigenvalue weighted by Gasteiger charge is -2.12. The van der Waals surface area contributed by atoms with Gasteiger partial charge in [-0.1, -0.05) is 30.7 Å². The Morgan fingerprint density at radius 1 is 1.16 bits per heavy atom. The van der Waals surface area contributed by atoms with Crippen LogP contribution < -0.4 is 11.1 Å². The van der Waals surface area contributed by atoms with Gasteiger partial charge in [0.25, 0.3) is 5.91 Å². The van der Waals surface area contributed by atoms with Gasteiger partial charge in [0.2, 0.25) is 5.91 Å². The Bertz CT molecular complexity index is 926. The van der Waals surface area contributed by atoms with Crippen LogP contribution in [0.2, 0.25) is 5.02 Å². The number of amides is 2. The molecule has 3 N–H and O–H groups in total. The Labute approximate surface area is 150 Å². The largest absolute Gasteiger partial charge is 0.366 e. The van der Waals surface area contributed by atoms with Gasteiger partial charge in [0, 0.05) is 5.56 Å². The summed E-state index contributed by atoms with van der Waals surface area (Å²) in [5, 5.41) is 2.73. The molecule has 0 saturated carbocycles. The maximum absolute atomic E-state index is 12.6. The van der Waals surface area contributed by atoms with Gasteiger partial charge < -0.3 is 11.1 Å². The van der Waals surface area contributed by atoms with Crippen LogP contribution in [-0.2, 0) is 9.84 Å². The Morgan fingerprint density at radius 3 is 2.48 bits per heavy atom. The molecule has 0 radical (unpaired) electrons. The van der Waals surface area contributed by atoms with Crippen molar-refractivity contribution in [3.05, 3.63) is 58.6 Å². The predicted octanol–water partition coefficient (Wildman–Crippen LogP) is 2.87. The van der Waals surface area contributed by atoms with Crippen LogP contribution in [0, 0.1) is 0 Å². The molecule has 0 heterocycles. The average molecular weight is 381 g/mol. The second-order valence-electron chi connectivity index (χ2n) is 5.33. The van der Waals surface area contributed by atoms with E-state index in [2.05, 4.69) is 5.32 Å². The molecule has 0 aromatic heterocycles. The topological polar surface area (TPSA) is 106 Å². The lowest BCUT2D eigenvalue weighted by molar-refractivity contribution is 0.0996. The number of benzene rings is 2. The van der Waals surface area contributed by atoms with E-state index in [1.54, 1.807) is 19.1 Å². The quantitative estimate of drug-likeness (QED) is 0.803. The molecule has 0 aliphatic carbocycles. The predicted molar refractivity (Wildman–Crippen MR) is 96.7 cm³/mol. The first-order chi connectivity index (χ1) is 11.8. The van der Waals surface area contributed by atoms with Gasteiger partial charge >= 0.3 is 0 Å². The molecule has 0 unspecified atom stereocenters. The lowest BCUT2D eigenvalue weighted by atomic mass is 10.1. The van der Waals surface area contributed by atoms with Gasteiger partial charge in [-0.25, -0.2) is 8.42 Å². The van der Waals surface area contributed by atoms with E-state index in [-0.39, 0.29) is 32.5 Å². The van der Waals surface area contributed by atoms with Gasteiger partial charge in [0.1, 0.15) is 0 Å². The number of primary amides is 1. The molecule has 0 spiro atoms. The minimum absolute atomic E-state index is 0.0106. The van der Waals surface area contributed by atoms with Gasteiger partial charge in [-0.05, 0) is 36.8 Å². The highest BCUT2D eigenvalue weighted by Gasteiger charge is 2.22. The number of sulfone groups is 1. The van der Waals surface area contributed by atoms with Crippen LogP contribution in [0.5, 0.6) is 0 Å². The van der Waals surface area contributed by atoms with Crippen molar-refractivity contribution in [1.29, 1.82) is 0 Å². The molecule has 0 bridgehead atoms. The third-order valence-electron chi connectivity index (χ3n) is 3.44. The maximum atomic E-state index is 12.6. The van der Waals surface area contributed by atoms with E-state index in [9.17, 15) is 18.0 Å². The van der Waals surface area contributed by atoms with Crippen molar-refractivity contribution >= 4 is 38.9 Å². The first-order valence-electron chi connectivity index (χ1n) is 7.48. The lowest BCUT2D eigenvalue weighted by Crippen LogP contribution is -2.18. The molecule has 0 saturated heterocycles. The van der Waals surface area contributed by atoms with E-state index in [1.165, 1.54) is 30.3 Å². The molecule has 8 heteroatoms. The zero-order valence-corrected chi connectivity index (χ0v) is 15.0. The molecule has 25 heavy (non-hydrogen) atoms. The molecule has 0 fully saturated rings. The number of carbonyl (C=O) groups excluding carboxylic acids is 2. The van der Waals surface area contributed by atoms with Gasteiger partial charge in [0.15, 0.2) is 9.84 Å². The summed E-state index contributed by atoms with van der Waals surface area (Å²) in [7, 11) is -3.58. The van der Waals surface area contributed by atoms with E-state index in [4.69, 9.17) is 17.3 Å². The van der Waals surface area contributed by atoms with E-state index < -0.39 is 21.7 Å². The molecular formula is C17H17ClN2O4S. The normalized spacial score (nSPS) is 11.1. The Kier molecular flexibility index (Phi) is 5.81. The van der Waals surface area contributed by atoms with Crippen LogP contribution in [0.1, 0.15) is 34.1 Å². The number of halogens is 1. The average Bonchev–Trinajstić information content (AvgIpc) is 2.56. The molecule has 132 valence electrons. The molecule has 0 aliphatic rings. The van der Waals surface area contributed by atoms with Crippen molar-refractivity contribution in [3.8, 4) is 0 Å². The first-order valence-corrected chi connectivity index (χ1v) is 9.51. The number of rotatable bonds is 6. The molecular weight excluding hydrogens is 364 g/mol. The second-order valence-corrected chi connectivity index (χ2v) is 7.81. The molecule has 2 aromatic rings. The van der Waals surface area contributed by atoms with Gasteiger partial charge in [-0.2, -0.15) is 0 Å². The van der Waals surface area contributed by atoms with E-state index in [0.717, 1.165) is 0 Å². The van der Waals surface area contributed by atoms with Crippen molar-refractivity contribution in [2.45, 2.75) is 18.2 Å². The Hall–Kier alpha value is -2.38. The standard InChI is InChI=1S/C17H17ClN2O4S/c1-2-9-25(23,24)15-6-4-3-5-12(15)17(22)20-14-10-11(16(19)21)7-8-13(14)18/h3-8,10H,2,9H2,1H3,(H2,19,21)(H,20,22). The minimum atomic E-state index is -3.58. The van der Waals surface area contributed by atoms with Gasteiger partial charge in [-0.3, -0.25) is 9.59 Å². The highest BCUT2D eigenvalue weighted by molar-refractivity contribution is 7.91. The number of nitrogens with one attached hydrogen (secondary N) is 1. The van der Waals surface area contributed by atoms with Crippen molar-refractivity contribution in [1.82, 2.24) is 0 Å². The van der Waals surface area contributed by atoms with Crippen LogP contribution in [0.15, 0.2) is 47.4 Å². The number of hydrogen-bond acceptors (Lipinski definition) is 4. The highest BCUT2D eigenvalue weighted by Crippen LogP contribution is 2.25. The van der Waals surface area contributed by atoms with Crippen LogP contribution >= 0.6 is 11.6 Å². The second kappa shape index (κ2) is 7.67. The highest BCUT2D eigenvalue weighted by atomic mass is 35.5. The smallest absolute Gasteiger partial charge is 0.257 e. The fourth-order valence-corrected chi connectivity index (χ4v) is 3.97. The van der Waals surface area contributed by atoms with Crippen molar-refractivity contribution in [2.75, 3.05) is 11.1 Å². The number of nitrogens with two attached hydrogens (primary N) is 1. The van der Waals surface area contributed by atoms with Crippen LogP contribution in [0.4, 0.5) is 5.69 Å². The molecule has 6 nitrogen and oxygen atoms in total. The van der Waals surface area contributed by atoms with Crippen molar-refractivity contribution in [3.63, 3.8) is 0 Å². The summed E-state index contributed by atoms with van der Waals surface area (Å²) in [5.74, 6) is -1.37. The molecule has 0 atom stereocenters. The summed E-state index contributed by atoms with van der Waals surface area (Å²) >= 11 is 6.03. The van der Waals surface area contributed by atoms with E-state index >= 15 is 0 Å². The Balaban J connectivity index is 2.41. The summed E-state index contributed by atoms with van der Waals surface area (Å²) in [6, 6.07) is 10.1. The van der Waals surface area contributed by atoms with Crippen molar-refractivity contribution < 1.29 is 18.0 Å². The first kappa shape index (κ1) is 19.0. The summed E-state index contributed by atoms with van der Waals surface area (Å²) < 4.78 is 24.7. The SMILES string of the molecule is CCCS(=O)(=O)c1ccccc1C(=O)Nc1cc(C(N)=O)ccc1Cl. The Morgan fingerprint density at radius 2 is 1.84 bits per heavy atom. The van der Waals surface area contributed by atoms with E-state index in [0.29, 0.717) is 6.42 Å². The molecule has 2 aromatic carbocycles. The van der Waals surface area contributed by atoms with Crippen molar-refractivity contribution in [2.24, 2.45) is 5.73 Å². The number of hydrogen-bond donors (Lipinski definition) is 2. The van der Waals surface area contributed by atoms with E-state index in [1.807, 2.05) is 0 Å². The summed E-state index contributed by atoms with van der Waals surface area (Å²) in [4.78, 5) is 23.8. The molecule has 2 amide bonds. The third-order valence-corrected chi connectivity index (χ3v) is 5.74. The van der Waals surface area contributed by atoms with Crippen LogP contribution in [0.3, 0.4) is 0 Å². The molecule has 2 rings (SSSR count). The summed E-state index contributed by atoms with van der Waals surface area (Å²) in [5.41, 5.74) is 5.57. The number of anilines is 1. The maximum Gasteiger partial charge on any atom is 0.257 e. The monoisotopic (exact) mass is 380 g/mol. The summed E-state index contributed by atoms with van der Waals surface area (Å²) in [6.07, 6.45) is 0.435. The fourth-order valence-electron chi connectivity index (χ4n) is 2.27. The van der Waals surface area contributed by atoms with Gasteiger partial charge in [-0.15, -0.1) is 0 Å². The number of carbonyl (C=O) groups is 2. The minimum Gasteiger partial charge on any atom is -0.366 e. The zero-order chi connectivity index (χ0) is 18.6. The zero-order valence-electron chi connectivity index (χ0n) is 13.5. The third kappa shape index (κ3) is 4.37. The summed E-state index contributed by atoms with van der Waals surface area (Å²) in [6.45, 7) is 1.75. The van der Waals surface area contributed by atoms with Crippen LogP contribution in [-0.4, -0.2) is 26.0 Å². The molecule has 0 aliphatic heterocycles. The van der Waals surface area contributed by atoms with Crippen LogP contribution in [0.25, 0.3) is 0 Å². The van der Waals surface area contributed by atoms with Gasteiger partial charge in [0.05, 0.1) is 26.9 Å².